The third kappa shape index (κ3) is 4.71. The van der Waals surface area contributed by atoms with Crippen molar-refractivity contribution in [3.8, 4) is 0 Å². The SMILES string of the molecule is Cc1nc(CSc2ccccc2C(=O)Nc2ccc(C)c(Br)c2)cs1. The molecule has 3 aromatic rings. The number of carbonyl (C=O) groups is 1. The first-order chi connectivity index (χ1) is 12.0. The second kappa shape index (κ2) is 8.17. The largest absolute Gasteiger partial charge is 0.322 e. The van der Waals surface area contributed by atoms with Gasteiger partial charge in [-0.05, 0) is 43.7 Å². The normalized spacial score (nSPS) is 10.7. The van der Waals surface area contributed by atoms with E-state index in [0.29, 0.717) is 5.56 Å². The first-order valence-electron chi connectivity index (χ1n) is 7.73. The van der Waals surface area contributed by atoms with Gasteiger partial charge in [0.25, 0.3) is 5.91 Å². The van der Waals surface area contributed by atoms with E-state index in [1.165, 1.54) is 0 Å². The minimum Gasteiger partial charge on any atom is -0.322 e. The van der Waals surface area contributed by atoms with E-state index >= 15 is 0 Å². The standard InChI is InChI=1S/C19H17BrN2OS2/c1-12-7-8-14(9-17(12)20)22-19(23)16-5-3-4-6-18(16)25-11-15-10-24-13(2)21-15/h3-10H,11H2,1-2H3,(H,22,23). The summed E-state index contributed by atoms with van der Waals surface area (Å²) in [6.07, 6.45) is 0. The first-order valence-corrected chi connectivity index (χ1v) is 10.4. The highest BCUT2D eigenvalue weighted by Crippen LogP contribution is 2.28. The van der Waals surface area contributed by atoms with Crippen LogP contribution < -0.4 is 5.32 Å². The number of rotatable bonds is 5. The summed E-state index contributed by atoms with van der Waals surface area (Å²) in [6, 6.07) is 13.5. The Bertz CT molecular complexity index is 908. The highest BCUT2D eigenvalue weighted by Gasteiger charge is 2.13. The minimum atomic E-state index is -0.103. The highest BCUT2D eigenvalue weighted by atomic mass is 79.9. The van der Waals surface area contributed by atoms with Gasteiger partial charge in [0.05, 0.1) is 16.3 Å². The number of aryl methyl sites for hydroxylation is 2. The molecule has 6 heteroatoms. The number of nitrogens with zero attached hydrogens (tertiary/aromatic N) is 1. The van der Waals surface area contributed by atoms with Crippen LogP contribution in [0.2, 0.25) is 0 Å². The van der Waals surface area contributed by atoms with Crippen LogP contribution in [-0.2, 0) is 5.75 Å². The Morgan fingerprint density at radius 2 is 2.04 bits per heavy atom. The predicted molar refractivity (Wildman–Crippen MR) is 110 cm³/mol. The Kier molecular flexibility index (Phi) is 5.93. The van der Waals surface area contributed by atoms with Gasteiger partial charge >= 0.3 is 0 Å². The zero-order valence-electron chi connectivity index (χ0n) is 13.9. The Balaban J connectivity index is 1.74. The predicted octanol–water partition coefficient (Wildman–Crippen LogP) is 6.07. The van der Waals surface area contributed by atoms with Crippen LogP contribution in [0.5, 0.6) is 0 Å². The van der Waals surface area contributed by atoms with Gasteiger partial charge in [-0.2, -0.15) is 0 Å². The van der Waals surface area contributed by atoms with Gasteiger partial charge in [0, 0.05) is 26.2 Å². The molecule has 1 N–H and O–H groups in total. The van der Waals surface area contributed by atoms with E-state index in [0.717, 1.165) is 37.1 Å². The van der Waals surface area contributed by atoms with Gasteiger partial charge in [0.15, 0.2) is 0 Å². The molecule has 0 saturated carbocycles. The quantitative estimate of drug-likeness (QED) is 0.497. The van der Waals surface area contributed by atoms with Crippen molar-refractivity contribution in [3.05, 3.63) is 74.1 Å². The van der Waals surface area contributed by atoms with Gasteiger partial charge in [-0.25, -0.2) is 4.98 Å². The van der Waals surface area contributed by atoms with Gasteiger partial charge in [0.1, 0.15) is 0 Å². The summed E-state index contributed by atoms with van der Waals surface area (Å²) >= 11 is 6.78. The second-order valence-corrected chi connectivity index (χ2v) is 8.49. The molecule has 0 aliphatic carbocycles. The number of thioether (sulfide) groups is 1. The van der Waals surface area contributed by atoms with Crippen LogP contribution in [0, 0.1) is 13.8 Å². The van der Waals surface area contributed by atoms with E-state index in [2.05, 4.69) is 31.6 Å². The monoisotopic (exact) mass is 432 g/mol. The fraction of sp³-hybridized carbons (Fsp3) is 0.158. The van der Waals surface area contributed by atoms with Crippen LogP contribution in [0.1, 0.15) is 26.6 Å². The molecule has 0 fully saturated rings. The highest BCUT2D eigenvalue weighted by molar-refractivity contribution is 9.10. The number of aromatic nitrogens is 1. The number of halogens is 1. The smallest absolute Gasteiger partial charge is 0.256 e. The molecule has 2 aromatic carbocycles. The summed E-state index contributed by atoms with van der Waals surface area (Å²) < 4.78 is 0.979. The van der Waals surface area contributed by atoms with Gasteiger partial charge in [-0.1, -0.05) is 34.1 Å². The summed E-state index contributed by atoms with van der Waals surface area (Å²) in [4.78, 5) is 18.1. The molecule has 0 radical (unpaired) electrons. The van der Waals surface area contributed by atoms with E-state index in [-0.39, 0.29) is 5.91 Å². The van der Waals surface area contributed by atoms with Gasteiger partial charge in [-0.15, -0.1) is 23.1 Å². The molecular weight excluding hydrogens is 416 g/mol. The van der Waals surface area contributed by atoms with E-state index in [1.807, 2.05) is 56.3 Å². The maximum atomic E-state index is 12.7. The molecule has 1 heterocycles. The van der Waals surface area contributed by atoms with Gasteiger partial charge in [-0.3, -0.25) is 4.79 Å². The molecule has 0 aliphatic rings. The van der Waals surface area contributed by atoms with Crippen molar-refractivity contribution in [2.75, 3.05) is 5.32 Å². The number of thiazole rings is 1. The molecule has 128 valence electrons. The lowest BCUT2D eigenvalue weighted by molar-refractivity contribution is 0.102. The lowest BCUT2D eigenvalue weighted by atomic mass is 10.2. The third-order valence-electron chi connectivity index (χ3n) is 3.60. The van der Waals surface area contributed by atoms with Crippen molar-refractivity contribution in [3.63, 3.8) is 0 Å². The average molecular weight is 433 g/mol. The van der Waals surface area contributed by atoms with E-state index in [4.69, 9.17) is 0 Å². The molecule has 0 atom stereocenters. The zero-order valence-corrected chi connectivity index (χ0v) is 17.1. The zero-order chi connectivity index (χ0) is 17.8. The lowest BCUT2D eigenvalue weighted by Gasteiger charge is -2.10. The summed E-state index contributed by atoms with van der Waals surface area (Å²) in [6.45, 7) is 4.02. The maximum Gasteiger partial charge on any atom is 0.256 e. The molecular formula is C19H17BrN2OS2. The number of amides is 1. The molecule has 25 heavy (non-hydrogen) atoms. The summed E-state index contributed by atoms with van der Waals surface area (Å²) in [5, 5.41) is 6.10. The van der Waals surface area contributed by atoms with Crippen molar-refractivity contribution in [1.82, 2.24) is 4.98 Å². The summed E-state index contributed by atoms with van der Waals surface area (Å²) in [7, 11) is 0. The second-order valence-electron chi connectivity index (χ2n) is 5.56. The lowest BCUT2D eigenvalue weighted by Crippen LogP contribution is -2.13. The first kappa shape index (κ1) is 18.2. The number of hydrogen-bond donors (Lipinski definition) is 1. The fourth-order valence-electron chi connectivity index (χ4n) is 2.28. The molecule has 1 amide bonds. The van der Waals surface area contributed by atoms with Crippen molar-refractivity contribution in [2.45, 2.75) is 24.5 Å². The van der Waals surface area contributed by atoms with Crippen LogP contribution in [0.3, 0.4) is 0 Å². The fourth-order valence-corrected chi connectivity index (χ4v) is 4.31. The Morgan fingerprint density at radius 1 is 1.24 bits per heavy atom. The molecule has 3 rings (SSSR count). The number of hydrogen-bond acceptors (Lipinski definition) is 4. The van der Waals surface area contributed by atoms with Crippen molar-refractivity contribution in [1.29, 1.82) is 0 Å². The summed E-state index contributed by atoms with van der Waals surface area (Å²) in [5.41, 5.74) is 3.63. The Morgan fingerprint density at radius 3 is 2.76 bits per heavy atom. The van der Waals surface area contributed by atoms with Crippen LogP contribution in [-0.4, -0.2) is 10.9 Å². The topological polar surface area (TPSA) is 42.0 Å². The van der Waals surface area contributed by atoms with Gasteiger partial charge in [0.2, 0.25) is 0 Å². The van der Waals surface area contributed by atoms with Crippen LogP contribution in [0.15, 0.2) is 57.2 Å². The molecule has 3 nitrogen and oxygen atoms in total. The number of benzene rings is 2. The number of carbonyl (C=O) groups excluding carboxylic acids is 1. The Labute approximate surface area is 164 Å². The summed E-state index contributed by atoms with van der Waals surface area (Å²) in [5.74, 6) is 0.651. The van der Waals surface area contributed by atoms with Crippen molar-refractivity contribution < 1.29 is 4.79 Å². The Hall–Kier alpha value is -1.63. The number of nitrogens with one attached hydrogen (secondary N) is 1. The third-order valence-corrected chi connectivity index (χ3v) is 6.39. The number of anilines is 1. The van der Waals surface area contributed by atoms with E-state index in [9.17, 15) is 4.79 Å². The molecule has 0 spiro atoms. The van der Waals surface area contributed by atoms with Crippen molar-refractivity contribution in [2.24, 2.45) is 0 Å². The van der Waals surface area contributed by atoms with Crippen molar-refractivity contribution >= 4 is 50.6 Å². The van der Waals surface area contributed by atoms with Gasteiger partial charge < -0.3 is 5.32 Å². The average Bonchev–Trinajstić information content (AvgIpc) is 3.02. The molecule has 1 aromatic heterocycles. The van der Waals surface area contributed by atoms with Crippen LogP contribution >= 0.6 is 39.0 Å². The van der Waals surface area contributed by atoms with E-state index < -0.39 is 0 Å². The van der Waals surface area contributed by atoms with Crippen LogP contribution in [0.4, 0.5) is 5.69 Å². The van der Waals surface area contributed by atoms with E-state index in [1.54, 1.807) is 23.1 Å². The maximum absolute atomic E-state index is 12.7. The minimum absolute atomic E-state index is 0.103. The van der Waals surface area contributed by atoms with Crippen LogP contribution in [0.25, 0.3) is 0 Å². The molecule has 0 saturated heterocycles. The molecule has 0 aliphatic heterocycles. The molecule has 0 unspecified atom stereocenters. The molecule has 0 bridgehead atoms.